The van der Waals surface area contributed by atoms with Gasteiger partial charge in [-0.05, 0) is 36.4 Å². The summed E-state index contributed by atoms with van der Waals surface area (Å²) in [6.07, 6.45) is 0.972. The van der Waals surface area contributed by atoms with Crippen molar-refractivity contribution in [1.29, 1.82) is 5.53 Å². The summed E-state index contributed by atoms with van der Waals surface area (Å²) in [5.74, 6) is -6.24. The van der Waals surface area contributed by atoms with Crippen molar-refractivity contribution in [1.82, 2.24) is 9.90 Å². The molecule has 32 heavy (non-hydrogen) atoms. The molecule has 0 aliphatic heterocycles. The molecular formula is C21H14F4N5O2+. The molecule has 0 saturated carbocycles. The predicted octanol–water partition coefficient (Wildman–Crippen LogP) is 5.23. The smallest absolute Gasteiger partial charge is 0.324 e. The number of halogens is 4. The first-order valence-electron chi connectivity index (χ1n) is 8.92. The Morgan fingerprint density at radius 1 is 1.06 bits per heavy atom. The molecule has 162 valence electrons. The molecule has 3 rings (SSSR count). The van der Waals surface area contributed by atoms with Crippen LogP contribution in [-0.2, 0) is 11.5 Å². The fourth-order valence-corrected chi connectivity index (χ4v) is 2.88. The standard InChI is InChI=1S/C21H14F4N5O2/c1-27-14-3-5-15(6-4-14)32-16-7-9-19(28-11-16)21(24,25)20(31,12-29-30-26)17-8-2-13(22)10-18(17)23/h2-11,26,31H,12H2/q+1. The third-order valence-electron chi connectivity index (χ3n) is 4.53. The van der Waals surface area contributed by atoms with E-state index < -0.39 is 41.0 Å². The van der Waals surface area contributed by atoms with Crippen LogP contribution in [-0.4, -0.2) is 16.6 Å². The van der Waals surface area contributed by atoms with E-state index >= 15 is 8.78 Å². The Morgan fingerprint density at radius 2 is 1.75 bits per heavy atom. The molecule has 0 bridgehead atoms. The van der Waals surface area contributed by atoms with Crippen LogP contribution in [0, 0.1) is 23.7 Å². The molecule has 1 unspecified atom stereocenters. The van der Waals surface area contributed by atoms with Crippen LogP contribution in [0.2, 0.25) is 0 Å². The number of hydrogen-bond acceptors (Lipinski definition) is 5. The quantitative estimate of drug-likeness (QED) is 0.226. The zero-order valence-electron chi connectivity index (χ0n) is 16.1. The second-order valence-electron chi connectivity index (χ2n) is 6.55. The van der Waals surface area contributed by atoms with Crippen LogP contribution >= 0.6 is 0 Å². The predicted molar refractivity (Wildman–Crippen MR) is 103 cm³/mol. The van der Waals surface area contributed by atoms with E-state index in [4.69, 9.17) is 16.8 Å². The summed E-state index contributed by atoms with van der Waals surface area (Å²) in [6.45, 7) is 5.73. The van der Waals surface area contributed by atoms with Gasteiger partial charge in [0.05, 0.1) is 12.8 Å². The van der Waals surface area contributed by atoms with Crippen LogP contribution < -0.4 is 9.65 Å². The molecule has 0 radical (unpaired) electrons. The first-order valence-corrected chi connectivity index (χ1v) is 8.92. The number of aromatic nitrogens is 1. The number of nitrogens with zero attached hydrogens (tertiary/aromatic N) is 4. The maximum Gasteiger partial charge on any atom is 0.324 e. The Kier molecular flexibility index (Phi) is 6.30. The Labute approximate surface area is 179 Å². The average molecular weight is 444 g/mol. The summed E-state index contributed by atoms with van der Waals surface area (Å²) in [6, 6.07) is 9.79. The highest BCUT2D eigenvalue weighted by Gasteiger charge is 2.58. The molecule has 0 saturated heterocycles. The van der Waals surface area contributed by atoms with Crippen molar-refractivity contribution in [2.24, 2.45) is 5.11 Å². The summed E-state index contributed by atoms with van der Waals surface area (Å²) in [7, 11) is 0. The van der Waals surface area contributed by atoms with Gasteiger partial charge >= 0.3 is 5.92 Å². The van der Waals surface area contributed by atoms with Gasteiger partial charge in [0.15, 0.2) is 17.8 Å². The highest BCUT2D eigenvalue weighted by molar-refractivity contribution is 5.47. The van der Waals surface area contributed by atoms with E-state index in [0.29, 0.717) is 29.6 Å². The van der Waals surface area contributed by atoms with E-state index in [0.717, 1.165) is 18.3 Å². The van der Waals surface area contributed by atoms with E-state index in [1.807, 2.05) is 0 Å². The summed E-state index contributed by atoms with van der Waals surface area (Å²) < 4.78 is 63.7. The molecule has 0 amide bonds. The van der Waals surface area contributed by atoms with Crippen LogP contribution in [0.1, 0.15) is 11.3 Å². The minimum Gasteiger partial charge on any atom is -0.456 e. The van der Waals surface area contributed by atoms with Gasteiger partial charge in [-0.25, -0.2) is 13.6 Å². The van der Waals surface area contributed by atoms with Gasteiger partial charge in [0.2, 0.25) is 4.91 Å². The second-order valence-corrected chi connectivity index (χ2v) is 6.55. The van der Waals surface area contributed by atoms with Gasteiger partial charge in [-0.2, -0.15) is 8.78 Å². The topological polar surface area (TPSA) is 97.0 Å². The van der Waals surface area contributed by atoms with Crippen molar-refractivity contribution in [2.75, 3.05) is 6.54 Å². The second kappa shape index (κ2) is 8.93. The normalized spacial score (nSPS) is 12.9. The van der Waals surface area contributed by atoms with Gasteiger partial charge in [0.25, 0.3) is 0 Å². The number of nitrogens with one attached hydrogen (secondary N) is 1. The third-order valence-corrected chi connectivity index (χ3v) is 4.53. The summed E-state index contributed by atoms with van der Waals surface area (Å²) in [5, 5.41) is 13.9. The zero-order chi connectivity index (χ0) is 23.4. The number of pyridine rings is 1. The lowest BCUT2D eigenvalue weighted by atomic mass is 9.84. The molecule has 0 fully saturated rings. The molecule has 3 aromatic rings. The molecule has 2 aromatic carbocycles. The largest absolute Gasteiger partial charge is 0.456 e. The zero-order valence-corrected chi connectivity index (χ0v) is 16.1. The molecule has 11 heteroatoms. The van der Waals surface area contributed by atoms with E-state index in [1.165, 1.54) is 24.3 Å². The number of alkyl halides is 2. The summed E-state index contributed by atoms with van der Waals surface area (Å²) in [4.78, 5) is 9.47. The van der Waals surface area contributed by atoms with Crippen LogP contribution in [0.3, 0.4) is 0 Å². The molecule has 2 N–H and O–H groups in total. The van der Waals surface area contributed by atoms with Gasteiger partial charge in [0.1, 0.15) is 39.5 Å². The molecule has 1 atom stereocenters. The lowest BCUT2D eigenvalue weighted by molar-refractivity contribution is -0.194. The first-order chi connectivity index (χ1) is 15.2. The van der Waals surface area contributed by atoms with E-state index in [-0.39, 0.29) is 5.75 Å². The van der Waals surface area contributed by atoms with E-state index in [1.54, 1.807) is 0 Å². The minimum absolute atomic E-state index is 0.0856. The van der Waals surface area contributed by atoms with Gasteiger partial charge in [-0.3, -0.25) is 4.98 Å². The Bertz CT molecular complexity index is 1210. The monoisotopic (exact) mass is 444 g/mol. The lowest BCUT2D eigenvalue weighted by Gasteiger charge is -2.33. The van der Waals surface area contributed by atoms with Gasteiger partial charge in [-0.1, -0.05) is 12.1 Å². The minimum atomic E-state index is -4.21. The Hall–Kier alpha value is -4.13. The van der Waals surface area contributed by atoms with E-state index in [9.17, 15) is 13.9 Å². The molecule has 0 aliphatic carbocycles. The Balaban J connectivity index is 1.95. The lowest BCUT2D eigenvalue weighted by Crippen LogP contribution is -2.47. The van der Waals surface area contributed by atoms with Crippen LogP contribution in [0.25, 0.3) is 4.85 Å². The number of hydrogen-bond donors (Lipinski definition) is 2. The van der Waals surface area contributed by atoms with E-state index in [2.05, 4.69) is 19.9 Å². The maximum atomic E-state index is 15.3. The van der Waals surface area contributed by atoms with Crippen molar-refractivity contribution < 1.29 is 27.4 Å². The van der Waals surface area contributed by atoms with Crippen molar-refractivity contribution in [3.63, 3.8) is 0 Å². The van der Waals surface area contributed by atoms with Crippen molar-refractivity contribution >= 4 is 5.69 Å². The molecule has 1 aromatic heterocycles. The number of benzene rings is 2. The third kappa shape index (κ3) is 4.32. The summed E-state index contributed by atoms with van der Waals surface area (Å²) in [5.41, 5.74) is 1.91. The highest BCUT2D eigenvalue weighted by Crippen LogP contribution is 2.46. The number of rotatable bonds is 7. The van der Waals surface area contributed by atoms with Gasteiger partial charge in [-0.15, -0.1) is 0 Å². The van der Waals surface area contributed by atoms with Crippen LogP contribution in [0.15, 0.2) is 65.9 Å². The molecule has 7 nitrogen and oxygen atoms in total. The number of ether oxygens (including phenoxy) is 1. The molecule has 0 aliphatic rings. The molecular weight excluding hydrogens is 430 g/mol. The van der Waals surface area contributed by atoms with Crippen molar-refractivity contribution in [3.8, 4) is 11.5 Å². The first kappa shape index (κ1) is 22.6. The van der Waals surface area contributed by atoms with Crippen molar-refractivity contribution in [3.05, 3.63) is 95.1 Å². The molecule has 1 heterocycles. The Morgan fingerprint density at radius 3 is 2.31 bits per heavy atom. The van der Waals surface area contributed by atoms with Gasteiger partial charge < -0.3 is 9.84 Å². The van der Waals surface area contributed by atoms with Gasteiger partial charge in [0, 0.05) is 11.6 Å². The number of aliphatic hydroxyl groups is 1. The highest BCUT2D eigenvalue weighted by atomic mass is 19.3. The maximum absolute atomic E-state index is 15.3. The van der Waals surface area contributed by atoms with Crippen LogP contribution in [0.5, 0.6) is 11.5 Å². The summed E-state index contributed by atoms with van der Waals surface area (Å²) >= 11 is 0. The van der Waals surface area contributed by atoms with Crippen LogP contribution in [0.4, 0.5) is 23.2 Å². The fourth-order valence-electron chi connectivity index (χ4n) is 2.88. The SMILES string of the molecule is [C-]#[N+]c1ccc(Oc2ccc(C(F)(F)C(O)(CN=[N+]=N)c3ccc(F)cc3F)nc2)cc1. The average Bonchev–Trinajstić information content (AvgIpc) is 2.78. The fraction of sp³-hybridized carbons (Fsp3) is 0.143. The molecule has 0 spiro atoms. The van der Waals surface area contributed by atoms with Crippen molar-refractivity contribution in [2.45, 2.75) is 11.5 Å².